The van der Waals surface area contributed by atoms with Gasteiger partial charge in [-0.25, -0.2) is 24.1 Å². The van der Waals surface area contributed by atoms with E-state index >= 15 is 0 Å². The lowest BCUT2D eigenvalue weighted by Gasteiger charge is -2.25. The van der Waals surface area contributed by atoms with Crippen LogP contribution in [-0.2, 0) is 48.4 Å². The maximum Gasteiger partial charge on any atom is 0.410 e. The predicted octanol–water partition coefficient (Wildman–Crippen LogP) is 5.34. The number of anilines is 1. The van der Waals surface area contributed by atoms with Crippen molar-refractivity contribution in [1.29, 1.82) is 0 Å². The average molecular weight is 1020 g/mol. The highest BCUT2D eigenvalue weighted by atomic mass is 16.6. The highest BCUT2D eigenvalue weighted by Crippen LogP contribution is 2.31. The summed E-state index contributed by atoms with van der Waals surface area (Å²) in [5, 5.41) is 15.2. The Kier molecular flexibility index (Phi) is 18.4. The number of amides is 8. The van der Waals surface area contributed by atoms with Crippen molar-refractivity contribution in [2.45, 2.75) is 91.1 Å². The van der Waals surface area contributed by atoms with Crippen molar-refractivity contribution in [2.24, 2.45) is 11.7 Å². The Balaban J connectivity index is 0.996. The van der Waals surface area contributed by atoms with Crippen LogP contribution in [0.5, 0.6) is 5.75 Å². The van der Waals surface area contributed by atoms with Crippen molar-refractivity contribution in [2.75, 3.05) is 25.5 Å². The van der Waals surface area contributed by atoms with Gasteiger partial charge in [0.1, 0.15) is 36.6 Å². The Labute approximate surface area is 432 Å². The topological polar surface area (TPSA) is 290 Å². The summed E-state index contributed by atoms with van der Waals surface area (Å²) in [4.78, 5) is 110. The van der Waals surface area contributed by atoms with E-state index in [0.29, 0.717) is 64.8 Å². The number of aromatic nitrogens is 6. The normalized spacial score (nSPS) is 12.9. The van der Waals surface area contributed by atoms with E-state index < -0.39 is 36.0 Å². The molecule has 6 aromatic rings. The zero-order valence-electron chi connectivity index (χ0n) is 42.2. The molecule has 1 unspecified atom stereocenters. The van der Waals surface area contributed by atoms with Gasteiger partial charge in [-0.3, -0.25) is 38.8 Å². The molecule has 0 radical (unpaired) electrons. The Morgan fingerprint density at radius 1 is 0.840 bits per heavy atom. The predicted molar refractivity (Wildman–Crippen MR) is 276 cm³/mol. The van der Waals surface area contributed by atoms with Gasteiger partial charge in [-0.15, -0.1) is 0 Å². The third-order valence-corrected chi connectivity index (χ3v) is 12.2. The van der Waals surface area contributed by atoms with Gasteiger partial charge in [0.15, 0.2) is 5.65 Å². The fourth-order valence-corrected chi connectivity index (χ4v) is 8.30. The summed E-state index contributed by atoms with van der Waals surface area (Å²) in [6.07, 6.45) is 7.20. The zero-order valence-corrected chi connectivity index (χ0v) is 42.2. The summed E-state index contributed by atoms with van der Waals surface area (Å²) in [5.74, 6) is -1.50. The molecule has 8 amide bonds. The first-order valence-corrected chi connectivity index (χ1v) is 24.6. The van der Waals surface area contributed by atoms with Gasteiger partial charge in [-0.05, 0) is 86.6 Å². The fourth-order valence-electron chi connectivity index (χ4n) is 8.30. The number of para-hydroxylation sites is 1. The molecule has 4 aromatic heterocycles. The van der Waals surface area contributed by atoms with E-state index in [1.165, 1.54) is 23.4 Å². The summed E-state index contributed by atoms with van der Waals surface area (Å²) >= 11 is 0. The number of urea groups is 1. The molecule has 392 valence electrons. The number of nitrogens with two attached hydrogens (primary N) is 1. The molecule has 0 saturated heterocycles. The fraction of sp³-hybridized carbons (Fsp3) is 0.340. The van der Waals surface area contributed by atoms with Gasteiger partial charge in [0.2, 0.25) is 17.7 Å². The van der Waals surface area contributed by atoms with E-state index in [-0.39, 0.29) is 75.7 Å². The van der Waals surface area contributed by atoms with Crippen LogP contribution >= 0.6 is 0 Å². The van der Waals surface area contributed by atoms with E-state index in [1.54, 1.807) is 49.7 Å². The molecule has 5 heterocycles. The second-order valence-electron chi connectivity index (χ2n) is 18.2. The van der Waals surface area contributed by atoms with Gasteiger partial charge in [0, 0.05) is 60.4 Å². The van der Waals surface area contributed by atoms with Gasteiger partial charge < -0.3 is 41.5 Å². The van der Waals surface area contributed by atoms with Crippen molar-refractivity contribution in [3.8, 4) is 28.4 Å². The minimum Gasteiger partial charge on any atom is -0.496 e. The molecule has 0 bridgehead atoms. The quantitative estimate of drug-likeness (QED) is 0.0313. The van der Waals surface area contributed by atoms with Gasteiger partial charge >= 0.3 is 12.1 Å². The number of aryl methyl sites for hydroxylation is 1. The lowest BCUT2D eigenvalue weighted by atomic mass is 10.0. The summed E-state index contributed by atoms with van der Waals surface area (Å²) in [6, 6.07) is 20.7. The number of methoxy groups -OCH3 is 1. The van der Waals surface area contributed by atoms with Crippen LogP contribution in [0.1, 0.15) is 75.0 Å². The monoisotopic (exact) mass is 1020 g/mol. The molecule has 75 heavy (non-hydrogen) atoms. The van der Waals surface area contributed by atoms with E-state index in [4.69, 9.17) is 25.2 Å². The largest absolute Gasteiger partial charge is 0.496 e. The molecule has 0 aliphatic carbocycles. The number of imide groups is 1. The third-order valence-electron chi connectivity index (χ3n) is 12.2. The second-order valence-corrected chi connectivity index (χ2v) is 18.2. The number of pyridine rings is 2. The lowest BCUT2D eigenvalue weighted by molar-refractivity contribution is -0.137. The summed E-state index contributed by atoms with van der Waals surface area (Å²) in [5.41, 5.74) is 11.1. The van der Waals surface area contributed by atoms with E-state index in [0.717, 1.165) is 21.7 Å². The average Bonchev–Trinajstić information content (AvgIpc) is 4.13. The van der Waals surface area contributed by atoms with E-state index in [9.17, 15) is 33.6 Å². The van der Waals surface area contributed by atoms with Crippen LogP contribution in [0, 0.1) is 12.8 Å². The number of ether oxygens (including phenoxy) is 2. The first kappa shape index (κ1) is 53.8. The molecule has 22 heteroatoms. The van der Waals surface area contributed by atoms with Crippen LogP contribution in [0.15, 0.2) is 104 Å². The first-order chi connectivity index (χ1) is 36.1. The van der Waals surface area contributed by atoms with Crippen molar-refractivity contribution < 1.29 is 43.0 Å². The molecule has 1 aliphatic heterocycles. The third kappa shape index (κ3) is 14.8. The molecule has 1 aliphatic rings. The van der Waals surface area contributed by atoms with Crippen LogP contribution in [0.4, 0.5) is 15.3 Å². The Morgan fingerprint density at radius 2 is 1.61 bits per heavy atom. The van der Waals surface area contributed by atoms with Crippen molar-refractivity contribution >= 4 is 53.0 Å². The highest BCUT2D eigenvalue weighted by Gasteiger charge is 2.30. The lowest BCUT2D eigenvalue weighted by Crippen LogP contribution is -2.54. The molecule has 0 saturated carbocycles. The van der Waals surface area contributed by atoms with Crippen LogP contribution in [0.3, 0.4) is 0 Å². The second kappa shape index (κ2) is 25.6. The molecular formula is C53H61N13O9. The SMILES string of the molecule is COc1ccccc1CN(Cc1nc(-c2ccc3ncnn3c2)c(-c2cccc(C)n2)[nH]1)C(=O)OCc1ccc(NC(=O)C(CCCNC(N)=O)NC(=O)[C@@H](NC(=O)CCCCCN2C(=O)C=CC2=O)C(C)C)cc1. The molecule has 0 fully saturated rings. The Morgan fingerprint density at radius 3 is 2.35 bits per heavy atom. The number of primary amides is 1. The van der Waals surface area contributed by atoms with Crippen molar-refractivity contribution in [3.05, 3.63) is 126 Å². The summed E-state index contributed by atoms with van der Waals surface area (Å²) in [6.45, 7) is 5.84. The number of benzene rings is 2. The first-order valence-electron chi connectivity index (χ1n) is 24.6. The number of fused-ring (bicyclic) bond motifs is 1. The molecule has 0 spiro atoms. The van der Waals surface area contributed by atoms with Crippen LogP contribution < -0.4 is 31.7 Å². The van der Waals surface area contributed by atoms with Crippen molar-refractivity contribution in [1.82, 2.24) is 55.3 Å². The van der Waals surface area contributed by atoms with Gasteiger partial charge in [0.05, 0.1) is 37.3 Å². The molecule has 2 aromatic carbocycles. The van der Waals surface area contributed by atoms with E-state index in [1.807, 2.05) is 67.7 Å². The number of aromatic amines is 1. The number of rotatable bonds is 25. The number of carbonyl (C=O) groups excluding carboxylic acids is 7. The van der Waals surface area contributed by atoms with Crippen LogP contribution in [0.25, 0.3) is 28.3 Å². The molecular weight excluding hydrogens is 963 g/mol. The van der Waals surface area contributed by atoms with Gasteiger partial charge in [-0.2, -0.15) is 5.10 Å². The maximum atomic E-state index is 14.1. The molecule has 22 nitrogen and oxygen atoms in total. The van der Waals surface area contributed by atoms with Crippen molar-refractivity contribution in [3.63, 3.8) is 0 Å². The number of unbranched alkanes of at least 4 members (excludes halogenated alkanes) is 2. The number of nitrogens with zero attached hydrogens (tertiary/aromatic N) is 7. The number of hydrogen-bond acceptors (Lipinski definition) is 13. The standard InChI is InChI=1S/C53H61N13O9/c1-33(2)47(63-44(67)17-6-5-9-27-65-45(68)24-25-46(65)69)51(71)60-40(15-11-26-55-52(54)72)50(70)59-38-21-18-35(19-22-38)31-75-53(73)64(28-36-13-7-8-16-41(36)74-4)30-42-61-48(37-20-23-43-56-32-57-66(43)29-37)49(62-42)39-14-10-12-34(3)58-39/h7-8,10,12-14,16,18-25,29,32-33,40,47H,5-6,9,11,15,17,26-28,30-31H2,1-4H3,(H,59,70)(H,60,71)(H,61,62)(H,63,67)(H3,54,55,72)/t40?,47-/m0/s1. The molecule has 7 rings (SSSR count). The molecule has 7 N–H and O–H groups in total. The summed E-state index contributed by atoms with van der Waals surface area (Å²) < 4.78 is 13.2. The Hall–Kier alpha value is -8.95. The van der Waals surface area contributed by atoms with E-state index in [2.05, 4.69) is 36.3 Å². The number of hydrogen-bond donors (Lipinski definition) is 6. The maximum absolute atomic E-state index is 14.1. The van der Waals surface area contributed by atoms with Crippen LogP contribution in [0.2, 0.25) is 0 Å². The number of H-pyrrole nitrogens is 1. The number of imidazole rings is 1. The minimum atomic E-state index is -1.07. The number of carbonyl (C=O) groups is 7. The van der Waals surface area contributed by atoms with Gasteiger partial charge in [0.25, 0.3) is 11.8 Å². The van der Waals surface area contributed by atoms with Gasteiger partial charge in [-0.1, -0.05) is 56.7 Å². The smallest absolute Gasteiger partial charge is 0.410 e. The highest BCUT2D eigenvalue weighted by molar-refractivity contribution is 6.12. The number of nitrogens with one attached hydrogen (secondary N) is 5. The summed E-state index contributed by atoms with van der Waals surface area (Å²) in [7, 11) is 1.56. The zero-order chi connectivity index (χ0) is 53.4. The minimum absolute atomic E-state index is 0.0138. The van der Waals surface area contributed by atoms with Crippen LogP contribution in [-0.4, -0.2) is 113 Å². The Bertz CT molecular complexity index is 3020. The molecule has 2 atom stereocenters.